The molecular weight excluding hydrogens is 248 g/mol. The maximum absolute atomic E-state index is 12.2. The summed E-state index contributed by atoms with van der Waals surface area (Å²) in [6.45, 7) is 8.07. The van der Waals surface area contributed by atoms with Crippen molar-refractivity contribution >= 4 is 5.91 Å². The number of nitrogens with one attached hydrogen (secondary N) is 2. The average Bonchev–Trinajstić information content (AvgIpc) is 2.48. The molecule has 0 unspecified atom stereocenters. The Kier molecular flexibility index (Phi) is 5.48. The predicted octanol–water partition coefficient (Wildman–Crippen LogP) is 3.24. The highest BCUT2D eigenvalue weighted by Crippen LogP contribution is 2.40. The summed E-state index contributed by atoms with van der Waals surface area (Å²) in [5, 5.41) is 6.62. The van der Waals surface area contributed by atoms with Crippen molar-refractivity contribution in [3.05, 3.63) is 0 Å². The van der Waals surface area contributed by atoms with E-state index in [0.29, 0.717) is 11.5 Å². The van der Waals surface area contributed by atoms with Crippen LogP contribution in [-0.4, -0.2) is 24.5 Å². The third-order valence-electron chi connectivity index (χ3n) is 5.72. The van der Waals surface area contributed by atoms with Crippen LogP contribution in [-0.2, 0) is 4.79 Å². The second-order valence-corrected chi connectivity index (χ2v) is 7.40. The molecule has 116 valence electrons. The van der Waals surface area contributed by atoms with Gasteiger partial charge in [0.1, 0.15) is 0 Å². The number of amides is 1. The number of rotatable bonds is 4. The minimum Gasteiger partial charge on any atom is -0.352 e. The Labute approximate surface area is 124 Å². The Hall–Kier alpha value is -0.570. The molecule has 2 N–H and O–H groups in total. The molecule has 1 atom stereocenters. The van der Waals surface area contributed by atoms with Crippen molar-refractivity contribution in [1.82, 2.24) is 10.6 Å². The van der Waals surface area contributed by atoms with E-state index in [9.17, 15) is 4.79 Å². The summed E-state index contributed by atoms with van der Waals surface area (Å²) in [7, 11) is 0. The molecule has 3 nitrogen and oxygen atoms in total. The molecular formula is C17H32N2O. The van der Waals surface area contributed by atoms with E-state index < -0.39 is 0 Å². The quantitative estimate of drug-likeness (QED) is 0.830. The molecule has 0 radical (unpaired) electrons. The number of carbonyl (C=O) groups excluding carboxylic acids is 1. The second-order valence-electron chi connectivity index (χ2n) is 7.40. The largest absolute Gasteiger partial charge is 0.352 e. The van der Waals surface area contributed by atoms with E-state index in [1.54, 1.807) is 0 Å². The van der Waals surface area contributed by atoms with E-state index in [-0.39, 0.29) is 11.9 Å². The van der Waals surface area contributed by atoms with Crippen LogP contribution in [0.4, 0.5) is 0 Å². The number of carbonyl (C=O) groups is 1. The van der Waals surface area contributed by atoms with E-state index in [4.69, 9.17) is 0 Å². The molecule has 1 amide bonds. The van der Waals surface area contributed by atoms with Gasteiger partial charge in [0.05, 0.1) is 6.04 Å². The molecule has 1 heterocycles. The molecule has 2 aliphatic rings. The SMILES string of the molecule is CCC(C)(C)C1CCC(NC(=O)[C@H]2CCCCN2)CC1. The van der Waals surface area contributed by atoms with Crippen LogP contribution in [0, 0.1) is 11.3 Å². The predicted molar refractivity (Wildman–Crippen MR) is 83.6 cm³/mol. The zero-order valence-electron chi connectivity index (χ0n) is 13.5. The zero-order valence-corrected chi connectivity index (χ0v) is 13.5. The summed E-state index contributed by atoms with van der Waals surface area (Å²) < 4.78 is 0. The molecule has 1 aliphatic carbocycles. The van der Waals surface area contributed by atoms with Crippen molar-refractivity contribution in [2.75, 3.05) is 6.54 Å². The monoisotopic (exact) mass is 280 g/mol. The first kappa shape index (κ1) is 15.8. The van der Waals surface area contributed by atoms with Crippen LogP contribution in [0.1, 0.15) is 72.1 Å². The molecule has 0 aromatic rings. The van der Waals surface area contributed by atoms with Gasteiger partial charge in [-0.2, -0.15) is 0 Å². The molecule has 20 heavy (non-hydrogen) atoms. The standard InChI is InChI=1S/C17H32N2O/c1-4-17(2,3)13-8-10-14(11-9-13)19-16(20)15-7-5-6-12-18-15/h13-15,18H,4-12H2,1-3H3,(H,19,20)/t13?,14?,15-/m1/s1. The van der Waals surface area contributed by atoms with Gasteiger partial charge in [-0.15, -0.1) is 0 Å². The van der Waals surface area contributed by atoms with E-state index in [2.05, 4.69) is 31.4 Å². The van der Waals surface area contributed by atoms with Gasteiger partial charge in [0.25, 0.3) is 0 Å². The van der Waals surface area contributed by atoms with Crippen LogP contribution >= 0.6 is 0 Å². The highest BCUT2D eigenvalue weighted by atomic mass is 16.2. The van der Waals surface area contributed by atoms with E-state index in [1.165, 1.54) is 32.1 Å². The van der Waals surface area contributed by atoms with Gasteiger partial charge >= 0.3 is 0 Å². The third-order valence-corrected chi connectivity index (χ3v) is 5.72. The van der Waals surface area contributed by atoms with Gasteiger partial charge < -0.3 is 10.6 Å². The summed E-state index contributed by atoms with van der Waals surface area (Å²) in [5.41, 5.74) is 0.458. The third kappa shape index (κ3) is 3.97. The number of piperidine rings is 1. The topological polar surface area (TPSA) is 41.1 Å². The molecule has 2 rings (SSSR count). The van der Waals surface area contributed by atoms with Crippen LogP contribution in [0.25, 0.3) is 0 Å². The molecule has 1 saturated carbocycles. The Bertz CT molecular complexity index is 313. The van der Waals surface area contributed by atoms with Crippen molar-refractivity contribution in [1.29, 1.82) is 0 Å². The molecule has 0 aromatic carbocycles. The fraction of sp³-hybridized carbons (Fsp3) is 0.941. The smallest absolute Gasteiger partial charge is 0.237 e. The maximum Gasteiger partial charge on any atom is 0.237 e. The fourth-order valence-electron chi connectivity index (χ4n) is 3.69. The first-order valence-corrected chi connectivity index (χ1v) is 8.56. The van der Waals surface area contributed by atoms with Gasteiger partial charge in [0.2, 0.25) is 5.91 Å². The summed E-state index contributed by atoms with van der Waals surface area (Å²) in [4.78, 5) is 12.2. The lowest BCUT2D eigenvalue weighted by Crippen LogP contribution is -2.50. The maximum atomic E-state index is 12.2. The zero-order chi connectivity index (χ0) is 14.6. The lowest BCUT2D eigenvalue weighted by atomic mass is 9.69. The van der Waals surface area contributed by atoms with Gasteiger partial charge in [0, 0.05) is 6.04 Å². The summed E-state index contributed by atoms with van der Waals surface area (Å²) in [5.74, 6) is 1.07. The van der Waals surface area contributed by atoms with Crippen LogP contribution in [0.3, 0.4) is 0 Å². The van der Waals surface area contributed by atoms with Crippen LogP contribution in [0.2, 0.25) is 0 Å². The van der Waals surface area contributed by atoms with Gasteiger partial charge in [-0.05, 0) is 56.4 Å². The fourth-order valence-corrected chi connectivity index (χ4v) is 3.69. The van der Waals surface area contributed by atoms with Gasteiger partial charge in [0.15, 0.2) is 0 Å². The first-order valence-electron chi connectivity index (χ1n) is 8.56. The lowest BCUT2D eigenvalue weighted by Gasteiger charge is -2.39. The summed E-state index contributed by atoms with van der Waals surface area (Å²) >= 11 is 0. The highest BCUT2D eigenvalue weighted by Gasteiger charge is 2.32. The van der Waals surface area contributed by atoms with Crippen molar-refractivity contribution in [3.63, 3.8) is 0 Å². The first-order chi connectivity index (χ1) is 9.53. The number of hydrogen-bond acceptors (Lipinski definition) is 2. The van der Waals surface area contributed by atoms with Crippen molar-refractivity contribution in [3.8, 4) is 0 Å². The number of hydrogen-bond donors (Lipinski definition) is 2. The Balaban J connectivity index is 1.75. The van der Waals surface area contributed by atoms with E-state index in [1.807, 2.05) is 0 Å². The minimum atomic E-state index is 0.0635. The van der Waals surface area contributed by atoms with Gasteiger partial charge in [-0.25, -0.2) is 0 Å². The van der Waals surface area contributed by atoms with Crippen molar-refractivity contribution in [2.24, 2.45) is 11.3 Å². The molecule has 0 spiro atoms. The van der Waals surface area contributed by atoms with E-state index in [0.717, 1.165) is 31.7 Å². The lowest BCUT2D eigenvalue weighted by molar-refractivity contribution is -0.124. The Morgan fingerprint density at radius 1 is 1.15 bits per heavy atom. The van der Waals surface area contributed by atoms with Gasteiger partial charge in [-0.1, -0.05) is 33.6 Å². The minimum absolute atomic E-state index is 0.0635. The average molecular weight is 280 g/mol. The summed E-state index contributed by atoms with van der Waals surface area (Å²) in [6.07, 6.45) is 9.50. The Morgan fingerprint density at radius 3 is 2.40 bits per heavy atom. The van der Waals surface area contributed by atoms with Crippen LogP contribution in [0.15, 0.2) is 0 Å². The Morgan fingerprint density at radius 2 is 1.85 bits per heavy atom. The van der Waals surface area contributed by atoms with Crippen LogP contribution in [0.5, 0.6) is 0 Å². The van der Waals surface area contributed by atoms with Gasteiger partial charge in [-0.3, -0.25) is 4.79 Å². The molecule has 3 heteroatoms. The normalized spacial score (nSPS) is 31.9. The van der Waals surface area contributed by atoms with Crippen LogP contribution < -0.4 is 10.6 Å². The molecule has 0 bridgehead atoms. The molecule has 1 saturated heterocycles. The molecule has 1 aliphatic heterocycles. The molecule has 2 fully saturated rings. The van der Waals surface area contributed by atoms with E-state index >= 15 is 0 Å². The molecule has 0 aromatic heterocycles. The van der Waals surface area contributed by atoms with Crippen molar-refractivity contribution < 1.29 is 4.79 Å². The summed E-state index contributed by atoms with van der Waals surface area (Å²) in [6, 6.07) is 0.476. The highest BCUT2D eigenvalue weighted by molar-refractivity contribution is 5.82. The second kappa shape index (κ2) is 6.93. The van der Waals surface area contributed by atoms with Crippen molar-refractivity contribution in [2.45, 2.75) is 84.2 Å².